The Hall–Kier alpha value is -2.53. The van der Waals surface area contributed by atoms with Gasteiger partial charge in [-0.15, -0.1) is 12.4 Å². The minimum absolute atomic E-state index is 0. The number of rotatable bonds is 10. The van der Waals surface area contributed by atoms with E-state index < -0.39 is 6.10 Å². The molecule has 3 rings (SSSR count). The summed E-state index contributed by atoms with van der Waals surface area (Å²) in [5.41, 5.74) is 3.11. The van der Waals surface area contributed by atoms with Crippen molar-refractivity contribution in [3.05, 3.63) is 95.6 Å². The monoisotopic (exact) mass is 413 g/mol. The van der Waals surface area contributed by atoms with Crippen molar-refractivity contribution in [1.29, 1.82) is 0 Å². The summed E-state index contributed by atoms with van der Waals surface area (Å²) in [4.78, 5) is 0. The fraction of sp³-hybridized carbons (Fsp3) is 0.250. The maximum Gasteiger partial charge on any atom is 0.161 e. The second-order valence-corrected chi connectivity index (χ2v) is 6.55. The molecular weight excluding hydrogens is 386 g/mol. The van der Waals surface area contributed by atoms with Crippen LogP contribution in [0.25, 0.3) is 0 Å². The van der Waals surface area contributed by atoms with Gasteiger partial charge in [0.15, 0.2) is 11.5 Å². The first-order valence-electron chi connectivity index (χ1n) is 9.62. The fourth-order valence-corrected chi connectivity index (χ4v) is 2.93. The van der Waals surface area contributed by atoms with E-state index in [4.69, 9.17) is 9.47 Å². The SMILES string of the molecule is CCOc1cc(CNCC(O)c2ccccc2)ccc1OCc1ccccc1.Cl. The molecule has 0 aliphatic carbocycles. The van der Waals surface area contributed by atoms with Crippen molar-refractivity contribution >= 4 is 12.4 Å². The van der Waals surface area contributed by atoms with E-state index in [2.05, 4.69) is 5.32 Å². The minimum Gasteiger partial charge on any atom is -0.490 e. The highest BCUT2D eigenvalue weighted by Crippen LogP contribution is 2.29. The molecule has 0 radical (unpaired) electrons. The van der Waals surface area contributed by atoms with Crippen molar-refractivity contribution in [1.82, 2.24) is 5.32 Å². The number of hydrogen-bond acceptors (Lipinski definition) is 4. The van der Waals surface area contributed by atoms with E-state index in [1.165, 1.54) is 0 Å². The van der Waals surface area contributed by atoms with Crippen LogP contribution in [0.3, 0.4) is 0 Å². The molecule has 0 saturated heterocycles. The number of ether oxygens (including phenoxy) is 2. The van der Waals surface area contributed by atoms with Gasteiger partial charge in [0, 0.05) is 13.1 Å². The normalized spacial score (nSPS) is 11.4. The third-order valence-corrected chi connectivity index (χ3v) is 4.40. The van der Waals surface area contributed by atoms with E-state index in [1.54, 1.807) is 0 Å². The van der Waals surface area contributed by atoms with Crippen LogP contribution in [0.4, 0.5) is 0 Å². The molecule has 0 aliphatic heterocycles. The third kappa shape index (κ3) is 7.09. The first-order valence-corrected chi connectivity index (χ1v) is 9.62. The van der Waals surface area contributed by atoms with E-state index in [-0.39, 0.29) is 12.4 Å². The first-order chi connectivity index (χ1) is 13.8. The van der Waals surface area contributed by atoms with Crippen molar-refractivity contribution in [3.63, 3.8) is 0 Å². The number of halogens is 1. The van der Waals surface area contributed by atoms with E-state index in [9.17, 15) is 5.11 Å². The molecule has 1 unspecified atom stereocenters. The average Bonchev–Trinajstić information content (AvgIpc) is 2.75. The summed E-state index contributed by atoms with van der Waals surface area (Å²) < 4.78 is 11.7. The van der Waals surface area contributed by atoms with E-state index >= 15 is 0 Å². The molecule has 3 aromatic rings. The van der Waals surface area contributed by atoms with Gasteiger partial charge in [0.1, 0.15) is 6.61 Å². The molecule has 0 amide bonds. The second-order valence-electron chi connectivity index (χ2n) is 6.55. The number of aliphatic hydroxyl groups is 1. The molecule has 154 valence electrons. The van der Waals surface area contributed by atoms with Crippen LogP contribution in [0, 0.1) is 0 Å². The van der Waals surface area contributed by atoms with Gasteiger partial charge < -0.3 is 19.9 Å². The molecule has 1 atom stereocenters. The number of benzene rings is 3. The molecule has 0 bridgehead atoms. The predicted molar refractivity (Wildman–Crippen MR) is 119 cm³/mol. The fourth-order valence-electron chi connectivity index (χ4n) is 2.93. The summed E-state index contributed by atoms with van der Waals surface area (Å²) in [6, 6.07) is 25.7. The minimum atomic E-state index is -0.527. The highest BCUT2D eigenvalue weighted by molar-refractivity contribution is 5.85. The summed E-state index contributed by atoms with van der Waals surface area (Å²) in [6.07, 6.45) is -0.527. The molecule has 0 aliphatic rings. The van der Waals surface area contributed by atoms with Gasteiger partial charge in [-0.3, -0.25) is 0 Å². The lowest BCUT2D eigenvalue weighted by Crippen LogP contribution is -2.21. The number of hydrogen-bond donors (Lipinski definition) is 2. The van der Waals surface area contributed by atoms with Gasteiger partial charge in [0.05, 0.1) is 12.7 Å². The van der Waals surface area contributed by atoms with Crippen molar-refractivity contribution in [3.8, 4) is 11.5 Å². The van der Waals surface area contributed by atoms with E-state index in [0.29, 0.717) is 26.3 Å². The standard InChI is InChI=1S/C24H27NO3.ClH/c1-2-27-24-15-20(16-25-17-22(26)21-11-7-4-8-12-21)13-14-23(24)28-18-19-9-5-3-6-10-19;/h3-15,22,25-26H,2,16-18H2,1H3;1H. The van der Waals surface area contributed by atoms with Gasteiger partial charge in [-0.25, -0.2) is 0 Å². The molecule has 4 nitrogen and oxygen atoms in total. The molecule has 0 aromatic heterocycles. The van der Waals surface area contributed by atoms with Crippen LogP contribution in [0.15, 0.2) is 78.9 Å². The van der Waals surface area contributed by atoms with Gasteiger partial charge in [-0.05, 0) is 35.7 Å². The van der Waals surface area contributed by atoms with Crippen LogP contribution in [-0.4, -0.2) is 18.3 Å². The smallest absolute Gasteiger partial charge is 0.161 e. The van der Waals surface area contributed by atoms with Crippen molar-refractivity contribution in [2.75, 3.05) is 13.2 Å². The van der Waals surface area contributed by atoms with Gasteiger partial charge in [-0.1, -0.05) is 66.7 Å². The summed E-state index contributed by atoms with van der Waals surface area (Å²) in [6.45, 7) is 4.17. The zero-order chi connectivity index (χ0) is 19.6. The second kappa shape index (κ2) is 12.1. The van der Waals surface area contributed by atoms with Crippen LogP contribution in [0.1, 0.15) is 29.7 Å². The van der Waals surface area contributed by atoms with Crippen molar-refractivity contribution in [2.24, 2.45) is 0 Å². The molecule has 5 heteroatoms. The predicted octanol–water partition coefficient (Wildman–Crippen LogP) is 4.91. The number of aliphatic hydroxyl groups excluding tert-OH is 1. The van der Waals surface area contributed by atoms with Crippen LogP contribution in [-0.2, 0) is 13.2 Å². The van der Waals surface area contributed by atoms with E-state index in [0.717, 1.165) is 28.2 Å². The topological polar surface area (TPSA) is 50.7 Å². The van der Waals surface area contributed by atoms with E-state index in [1.807, 2.05) is 85.8 Å². The lowest BCUT2D eigenvalue weighted by atomic mass is 10.1. The largest absolute Gasteiger partial charge is 0.490 e. The Labute approximate surface area is 178 Å². The van der Waals surface area contributed by atoms with Gasteiger partial charge >= 0.3 is 0 Å². The van der Waals surface area contributed by atoms with Gasteiger partial charge in [0.25, 0.3) is 0 Å². The molecule has 3 aromatic carbocycles. The maximum atomic E-state index is 10.3. The van der Waals surface area contributed by atoms with Crippen molar-refractivity contribution in [2.45, 2.75) is 26.2 Å². The van der Waals surface area contributed by atoms with Crippen molar-refractivity contribution < 1.29 is 14.6 Å². The molecule has 2 N–H and O–H groups in total. The molecule has 29 heavy (non-hydrogen) atoms. The summed E-state index contributed by atoms with van der Waals surface area (Å²) in [5, 5.41) is 13.6. The van der Waals surface area contributed by atoms with Gasteiger partial charge in [-0.2, -0.15) is 0 Å². The molecule has 0 heterocycles. The Morgan fingerprint density at radius 3 is 2.21 bits per heavy atom. The molecule has 0 fully saturated rings. The summed E-state index contributed by atoms with van der Waals surface area (Å²) in [7, 11) is 0. The molecule has 0 spiro atoms. The zero-order valence-electron chi connectivity index (χ0n) is 16.6. The Morgan fingerprint density at radius 1 is 0.828 bits per heavy atom. The average molecular weight is 414 g/mol. The Morgan fingerprint density at radius 2 is 1.52 bits per heavy atom. The highest BCUT2D eigenvalue weighted by atomic mass is 35.5. The Bertz CT molecular complexity index is 843. The van der Waals surface area contributed by atoms with Crippen LogP contribution < -0.4 is 14.8 Å². The summed E-state index contributed by atoms with van der Waals surface area (Å²) >= 11 is 0. The molecule has 0 saturated carbocycles. The lowest BCUT2D eigenvalue weighted by Gasteiger charge is -2.15. The zero-order valence-corrected chi connectivity index (χ0v) is 17.4. The number of nitrogens with one attached hydrogen (secondary N) is 1. The Balaban J connectivity index is 0.00000300. The summed E-state index contributed by atoms with van der Waals surface area (Å²) in [5.74, 6) is 1.47. The van der Waals surface area contributed by atoms with Gasteiger partial charge in [0.2, 0.25) is 0 Å². The first kappa shape index (κ1) is 22.8. The van der Waals surface area contributed by atoms with Crippen LogP contribution >= 0.6 is 12.4 Å². The molecular formula is C24H28ClNO3. The quantitative estimate of drug-likeness (QED) is 0.496. The Kier molecular flexibility index (Phi) is 9.51. The van der Waals surface area contributed by atoms with Crippen LogP contribution in [0.5, 0.6) is 11.5 Å². The maximum absolute atomic E-state index is 10.3. The lowest BCUT2D eigenvalue weighted by molar-refractivity contribution is 0.174. The highest BCUT2D eigenvalue weighted by Gasteiger charge is 2.09. The van der Waals surface area contributed by atoms with Crippen LogP contribution in [0.2, 0.25) is 0 Å². The third-order valence-electron chi connectivity index (χ3n) is 4.40.